The van der Waals surface area contributed by atoms with E-state index >= 15 is 0 Å². The lowest BCUT2D eigenvalue weighted by molar-refractivity contribution is -0.225. The van der Waals surface area contributed by atoms with E-state index in [0.29, 0.717) is 33.5 Å². The van der Waals surface area contributed by atoms with Gasteiger partial charge in [-0.1, -0.05) is 95.3 Å². The number of para-hydroxylation sites is 1. The Labute approximate surface area is 305 Å². The second-order valence-corrected chi connectivity index (χ2v) is 19.2. The van der Waals surface area contributed by atoms with E-state index in [1.165, 1.54) is 93.2 Å². The molecule has 5 aliphatic rings. The fourth-order valence-electron chi connectivity index (χ4n) is 14.1. The van der Waals surface area contributed by atoms with Crippen LogP contribution in [0.3, 0.4) is 0 Å². The fraction of sp³-hybridized carbons (Fsp3) is 0.660. The van der Waals surface area contributed by atoms with Gasteiger partial charge in [0.15, 0.2) is 0 Å². The molecule has 0 aliphatic heterocycles. The van der Waals surface area contributed by atoms with Gasteiger partial charge in [-0.3, -0.25) is 0 Å². The van der Waals surface area contributed by atoms with Gasteiger partial charge in [0.05, 0.1) is 6.61 Å². The van der Waals surface area contributed by atoms with Crippen LogP contribution in [0.5, 0.6) is 0 Å². The van der Waals surface area contributed by atoms with E-state index in [9.17, 15) is 5.11 Å². The zero-order valence-electron chi connectivity index (χ0n) is 32.7. The third-order valence-corrected chi connectivity index (χ3v) is 16.8. The summed E-state index contributed by atoms with van der Waals surface area (Å²) in [7, 11) is 2.23. The third-order valence-electron chi connectivity index (χ3n) is 16.8. The first-order valence-corrected chi connectivity index (χ1v) is 20.3. The molecule has 9 unspecified atom stereocenters. The predicted molar refractivity (Wildman–Crippen MR) is 212 cm³/mol. The van der Waals surface area contributed by atoms with Crippen molar-refractivity contribution in [1.29, 1.82) is 0 Å². The van der Waals surface area contributed by atoms with Gasteiger partial charge in [-0.25, -0.2) is 0 Å². The van der Waals surface area contributed by atoms with E-state index < -0.39 is 0 Å². The molecule has 0 radical (unpaired) electrons. The van der Waals surface area contributed by atoms with Gasteiger partial charge in [0.1, 0.15) is 0 Å². The molecule has 2 aromatic carbocycles. The first kappa shape index (κ1) is 36.0. The lowest BCUT2D eigenvalue weighted by Gasteiger charge is -2.72. The maximum Gasteiger partial charge on any atom is 0.0681 e. The highest BCUT2D eigenvalue weighted by atomic mass is 16.3. The summed E-state index contributed by atoms with van der Waals surface area (Å²) in [6.45, 7) is 23.9. The van der Waals surface area contributed by atoms with Crippen molar-refractivity contribution in [3.8, 4) is 0 Å². The number of allylic oxidation sites excluding steroid dienone is 3. The molecule has 0 aromatic heterocycles. The monoisotopic (exact) mass is 677 g/mol. The number of hydrogen-bond acceptors (Lipinski definition) is 3. The Hall–Kier alpha value is -2.36. The first-order chi connectivity index (χ1) is 23.8. The van der Waals surface area contributed by atoms with E-state index in [4.69, 9.17) is 0 Å². The van der Waals surface area contributed by atoms with Gasteiger partial charge >= 0.3 is 0 Å². The number of nitrogens with zero attached hydrogens (tertiary/aromatic N) is 1. The first-order valence-electron chi connectivity index (χ1n) is 20.3. The lowest BCUT2D eigenvalue weighted by atomic mass is 9.32. The van der Waals surface area contributed by atoms with Crippen LogP contribution in [-0.4, -0.2) is 31.8 Å². The highest BCUT2D eigenvalue weighted by Gasteiger charge is 2.70. The minimum absolute atomic E-state index is 0.113. The second-order valence-electron chi connectivity index (χ2n) is 19.2. The van der Waals surface area contributed by atoms with Crippen LogP contribution in [0.15, 0.2) is 72.8 Å². The number of hydrogen-bond donors (Lipinski definition) is 2. The van der Waals surface area contributed by atoms with Crippen LogP contribution in [0.4, 0.5) is 5.69 Å². The average Bonchev–Trinajstić information content (AvgIpc) is 3.49. The number of aliphatic hydroxyl groups excluding tert-OH is 1. The zero-order chi connectivity index (χ0) is 35.5. The molecule has 2 aromatic rings. The average molecular weight is 677 g/mol. The molecule has 7 rings (SSSR count). The third kappa shape index (κ3) is 5.58. The maximum absolute atomic E-state index is 9.66. The summed E-state index contributed by atoms with van der Waals surface area (Å²) in [6.07, 6.45) is 16.0. The number of anilines is 1. The van der Waals surface area contributed by atoms with Crippen molar-refractivity contribution in [2.75, 3.05) is 31.6 Å². The summed E-state index contributed by atoms with van der Waals surface area (Å²) in [6, 6.07) is 19.6. The van der Waals surface area contributed by atoms with E-state index in [1.807, 2.05) is 0 Å². The second kappa shape index (κ2) is 13.2. The summed E-state index contributed by atoms with van der Waals surface area (Å²) >= 11 is 0. The van der Waals surface area contributed by atoms with Crippen LogP contribution in [-0.2, 0) is 6.61 Å². The summed E-state index contributed by atoms with van der Waals surface area (Å²) < 4.78 is 0. The SMILES string of the molecule is C=C(C)C1CCC2(CNCCCN(C)c3ccccc3)CCC3(C)C(CCC4C5(C)CC=C(c6ccc(CO)cc6)C(C)(C)C5CCC43C)C12. The molecule has 9 atom stereocenters. The highest BCUT2D eigenvalue weighted by Crippen LogP contribution is 2.77. The van der Waals surface area contributed by atoms with Gasteiger partial charge in [0, 0.05) is 25.8 Å². The molecule has 272 valence electrons. The van der Waals surface area contributed by atoms with Gasteiger partial charge in [0.25, 0.3) is 0 Å². The Morgan fingerprint density at radius 1 is 0.860 bits per heavy atom. The van der Waals surface area contributed by atoms with E-state index in [1.54, 1.807) is 0 Å². The van der Waals surface area contributed by atoms with Crippen molar-refractivity contribution in [2.45, 2.75) is 112 Å². The number of nitrogens with one attached hydrogen (secondary N) is 1. The lowest BCUT2D eigenvalue weighted by Crippen LogP contribution is -2.65. The van der Waals surface area contributed by atoms with Gasteiger partial charge < -0.3 is 15.3 Å². The largest absolute Gasteiger partial charge is 0.392 e. The minimum atomic E-state index is 0.113. The maximum atomic E-state index is 9.66. The van der Waals surface area contributed by atoms with Crippen molar-refractivity contribution < 1.29 is 5.11 Å². The fourth-order valence-corrected chi connectivity index (χ4v) is 14.1. The van der Waals surface area contributed by atoms with Crippen molar-refractivity contribution in [2.24, 2.45) is 56.7 Å². The van der Waals surface area contributed by atoms with Crippen LogP contribution < -0.4 is 10.2 Å². The Kier molecular flexibility index (Phi) is 9.54. The van der Waals surface area contributed by atoms with Crippen molar-refractivity contribution in [3.63, 3.8) is 0 Å². The molecule has 3 nitrogen and oxygen atoms in total. The molecule has 5 aliphatic carbocycles. The molecular formula is C47H68N2O. The van der Waals surface area contributed by atoms with Crippen LogP contribution in [0.25, 0.3) is 5.57 Å². The molecule has 3 heteroatoms. The predicted octanol–water partition coefficient (Wildman–Crippen LogP) is 10.9. The summed E-state index contributed by atoms with van der Waals surface area (Å²) in [4.78, 5) is 2.40. The molecule has 0 bridgehead atoms. The Bertz CT molecular complexity index is 1560. The molecule has 0 spiro atoms. The molecular weight excluding hydrogens is 609 g/mol. The summed E-state index contributed by atoms with van der Waals surface area (Å²) in [5.41, 5.74) is 8.27. The van der Waals surface area contributed by atoms with Crippen molar-refractivity contribution >= 4 is 11.3 Å². The van der Waals surface area contributed by atoms with Crippen molar-refractivity contribution in [1.82, 2.24) is 5.32 Å². The van der Waals surface area contributed by atoms with Gasteiger partial charge in [-0.2, -0.15) is 0 Å². The number of benzene rings is 2. The van der Waals surface area contributed by atoms with Gasteiger partial charge in [0.2, 0.25) is 0 Å². The summed E-state index contributed by atoms with van der Waals surface area (Å²) in [5, 5.41) is 13.7. The Balaban J connectivity index is 1.10. The van der Waals surface area contributed by atoms with Crippen LogP contribution >= 0.6 is 0 Å². The summed E-state index contributed by atoms with van der Waals surface area (Å²) in [5.74, 6) is 3.68. The van der Waals surface area contributed by atoms with Crippen LogP contribution in [0.2, 0.25) is 0 Å². The highest BCUT2D eigenvalue weighted by molar-refractivity contribution is 5.71. The zero-order valence-corrected chi connectivity index (χ0v) is 32.7. The molecule has 4 fully saturated rings. The van der Waals surface area contributed by atoms with Crippen LogP contribution in [0, 0.1) is 56.7 Å². The quantitative estimate of drug-likeness (QED) is 0.194. The van der Waals surface area contributed by atoms with E-state index in [0.717, 1.165) is 36.4 Å². The number of aliphatic hydroxyl groups is 1. The normalized spacial score (nSPS) is 38.6. The number of fused-ring (bicyclic) bond motifs is 7. The van der Waals surface area contributed by atoms with E-state index in [2.05, 4.69) is 126 Å². The molecule has 0 heterocycles. The molecule has 0 amide bonds. The molecule has 0 saturated heterocycles. The van der Waals surface area contributed by atoms with E-state index in [-0.39, 0.29) is 12.0 Å². The van der Waals surface area contributed by atoms with Gasteiger partial charge in [-0.15, -0.1) is 0 Å². The minimum Gasteiger partial charge on any atom is -0.392 e. The number of rotatable bonds is 10. The van der Waals surface area contributed by atoms with Crippen molar-refractivity contribution in [3.05, 3.63) is 84.0 Å². The molecule has 50 heavy (non-hydrogen) atoms. The molecule has 2 N–H and O–H groups in total. The topological polar surface area (TPSA) is 35.5 Å². The standard InChI is InChI=1S/C47H68N2O/c1-33(2)37-21-26-47(32-48-29-12-30-49(8)36-13-10-9-11-14-36)28-27-45(6)39(42(37)47)19-20-41-44(5)24-22-38(35-17-15-34(31-50)16-18-35)43(3,4)40(44)23-25-46(41,45)7/h9-11,13-18,22,37,39-42,48,50H,1,12,19-21,23-32H2,2-8H3. The Morgan fingerprint density at radius 3 is 2.30 bits per heavy atom. The smallest absolute Gasteiger partial charge is 0.0681 e. The van der Waals surface area contributed by atoms with Gasteiger partial charge in [-0.05, 0) is 163 Å². The van der Waals surface area contributed by atoms with Crippen LogP contribution in [0.1, 0.15) is 117 Å². The molecule has 4 saturated carbocycles. The Morgan fingerprint density at radius 2 is 1.60 bits per heavy atom.